The standard InChI is InChI=1S/C28H37N5O3S/c1-2-23(26(35)30-19-13-7-4-8-14-19)37-28-32-21-16-10-9-15-20(21)25-31-22(27(36)33(25)28)17-24(34)29-18-11-5-3-6-12-18/h9-10,15-16,18-19,22-23H,2-8,11-14,17H2,1H3,(H,29,34)(H,30,35)/t22-,23-/m0/s1. The van der Waals surface area contributed by atoms with Gasteiger partial charge in [0.15, 0.2) is 5.17 Å². The van der Waals surface area contributed by atoms with Crippen LogP contribution >= 0.6 is 11.8 Å². The van der Waals surface area contributed by atoms with E-state index in [1.165, 1.54) is 29.5 Å². The number of hydrogen-bond donors (Lipinski definition) is 2. The number of rotatable bonds is 7. The largest absolute Gasteiger partial charge is 0.353 e. The molecule has 2 atom stereocenters. The molecule has 198 valence electrons. The number of aliphatic imine (C=N–C) groups is 2. The van der Waals surface area contributed by atoms with Crippen molar-refractivity contribution in [2.45, 2.75) is 107 Å². The molecule has 2 N–H and O–H groups in total. The predicted molar refractivity (Wildman–Crippen MR) is 147 cm³/mol. The fourth-order valence-corrected chi connectivity index (χ4v) is 6.74. The van der Waals surface area contributed by atoms with E-state index in [1.54, 1.807) is 0 Å². The highest BCUT2D eigenvalue weighted by Gasteiger charge is 2.43. The summed E-state index contributed by atoms with van der Waals surface area (Å²) in [6.07, 6.45) is 11.7. The van der Waals surface area contributed by atoms with Crippen LogP contribution in [-0.4, -0.2) is 57.0 Å². The molecule has 8 nitrogen and oxygen atoms in total. The molecule has 2 saturated carbocycles. The van der Waals surface area contributed by atoms with E-state index in [0.717, 1.165) is 62.6 Å². The average molecular weight is 524 g/mol. The molecular weight excluding hydrogens is 486 g/mol. The van der Waals surface area contributed by atoms with Gasteiger partial charge in [-0.05, 0) is 44.2 Å². The first-order valence-corrected chi connectivity index (χ1v) is 14.8. The SMILES string of the molecule is CC[C@H](SC1=Nc2ccccc2C2=N[C@@H](CC(=O)NC3CCCCC3)C(=O)N12)C(=O)NC1CCCCC1. The Balaban J connectivity index is 1.32. The Kier molecular flexibility index (Phi) is 8.27. The zero-order valence-corrected chi connectivity index (χ0v) is 22.4. The second-order valence-electron chi connectivity index (χ2n) is 10.5. The van der Waals surface area contributed by atoms with E-state index in [1.807, 2.05) is 31.2 Å². The highest BCUT2D eigenvalue weighted by Crippen LogP contribution is 2.36. The van der Waals surface area contributed by atoms with Gasteiger partial charge in [0.05, 0.1) is 17.4 Å². The smallest absolute Gasteiger partial charge is 0.259 e. The molecule has 0 radical (unpaired) electrons. The molecule has 2 aliphatic carbocycles. The van der Waals surface area contributed by atoms with Crippen LogP contribution in [0.25, 0.3) is 0 Å². The van der Waals surface area contributed by atoms with Crippen molar-refractivity contribution in [3.8, 4) is 0 Å². The topological polar surface area (TPSA) is 103 Å². The summed E-state index contributed by atoms with van der Waals surface area (Å²) in [6, 6.07) is 7.22. The molecule has 2 heterocycles. The second-order valence-corrected chi connectivity index (χ2v) is 11.7. The van der Waals surface area contributed by atoms with Crippen LogP contribution in [0.1, 0.15) is 89.5 Å². The average Bonchev–Trinajstić information content (AvgIpc) is 3.24. The lowest BCUT2D eigenvalue weighted by Crippen LogP contribution is -2.45. The number of amides is 3. The molecule has 37 heavy (non-hydrogen) atoms. The van der Waals surface area contributed by atoms with Crippen LogP contribution in [0.2, 0.25) is 0 Å². The number of para-hydroxylation sites is 1. The molecule has 0 saturated heterocycles. The van der Waals surface area contributed by atoms with Gasteiger partial charge in [-0.15, -0.1) is 0 Å². The van der Waals surface area contributed by atoms with Crippen LogP contribution < -0.4 is 10.6 Å². The van der Waals surface area contributed by atoms with Crippen LogP contribution in [0.5, 0.6) is 0 Å². The molecule has 1 aromatic carbocycles. The van der Waals surface area contributed by atoms with Gasteiger partial charge in [0.1, 0.15) is 11.9 Å². The maximum absolute atomic E-state index is 13.6. The number of fused-ring (bicyclic) bond motifs is 3. The van der Waals surface area contributed by atoms with Crippen molar-refractivity contribution in [1.29, 1.82) is 0 Å². The number of amidine groups is 2. The minimum atomic E-state index is -0.785. The van der Waals surface area contributed by atoms with E-state index in [0.29, 0.717) is 17.4 Å². The van der Waals surface area contributed by atoms with Gasteiger partial charge in [-0.2, -0.15) is 0 Å². The summed E-state index contributed by atoms with van der Waals surface area (Å²) >= 11 is 1.32. The first-order chi connectivity index (χ1) is 18.0. The number of hydrogen-bond acceptors (Lipinski definition) is 6. The molecule has 2 aliphatic heterocycles. The molecule has 0 spiro atoms. The Morgan fingerprint density at radius 1 is 1.00 bits per heavy atom. The summed E-state index contributed by atoms with van der Waals surface area (Å²) in [4.78, 5) is 50.6. The van der Waals surface area contributed by atoms with Crippen LogP contribution in [0, 0.1) is 0 Å². The van der Waals surface area contributed by atoms with Crippen LogP contribution in [0.15, 0.2) is 34.3 Å². The number of nitrogens with one attached hydrogen (secondary N) is 2. The van der Waals surface area contributed by atoms with Crippen LogP contribution in [0.4, 0.5) is 5.69 Å². The first-order valence-electron chi connectivity index (χ1n) is 13.9. The number of carbonyl (C=O) groups is 3. The van der Waals surface area contributed by atoms with Gasteiger partial charge in [0.25, 0.3) is 5.91 Å². The van der Waals surface area contributed by atoms with Crippen LogP contribution in [-0.2, 0) is 14.4 Å². The minimum absolute atomic E-state index is 0.00509. The summed E-state index contributed by atoms with van der Waals surface area (Å²) < 4.78 is 0. The van der Waals surface area contributed by atoms with Gasteiger partial charge in [-0.25, -0.2) is 9.89 Å². The molecular formula is C28H37N5O3S. The lowest BCUT2D eigenvalue weighted by atomic mass is 9.95. The van der Waals surface area contributed by atoms with Crippen molar-refractivity contribution in [2.75, 3.05) is 0 Å². The van der Waals surface area contributed by atoms with Gasteiger partial charge in [0, 0.05) is 17.6 Å². The molecule has 4 aliphatic rings. The quantitative estimate of drug-likeness (QED) is 0.551. The Labute approximate surface area is 223 Å². The summed E-state index contributed by atoms with van der Waals surface area (Å²) in [5, 5.41) is 6.42. The summed E-state index contributed by atoms with van der Waals surface area (Å²) in [5.41, 5.74) is 1.50. The second kappa shape index (κ2) is 11.8. The molecule has 1 aromatic rings. The fourth-order valence-electron chi connectivity index (χ4n) is 5.71. The summed E-state index contributed by atoms with van der Waals surface area (Å²) in [7, 11) is 0. The Bertz CT molecular complexity index is 1090. The van der Waals surface area contributed by atoms with E-state index in [4.69, 9.17) is 9.98 Å². The Hall–Kier alpha value is -2.68. The summed E-state index contributed by atoms with van der Waals surface area (Å²) in [5.74, 6) is 0.134. The van der Waals surface area contributed by atoms with Crippen molar-refractivity contribution in [3.63, 3.8) is 0 Å². The zero-order valence-electron chi connectivity index (χ0n) is 21.6. The third-order valence-corrected chi connectivity index (χ3v) is 9.08. The fraction of sp³-hybridized carbons (Fsp3) is 0.607. The van der Waals surface area contributed by atoms with E-state index in [-0.39, 0.29) is 41.5 Å². The molecule has 3 amide bonds. The monoisotopic (exact) mass is 523 g/mol. The number of benzene rings is 1. The number of carbonyl (C=O) groups excluding carboxylic acids is 3. The third kappa shape index (κ3) is 5.92. The summed E-state index contributed by atoms with van der Waals surface area (Å²) in [6.45, 7) is 1.98. The number of thioether (sulfide) groups is 1. The van der Waals surface area contributed by atoms with E-state index >= 15 is 0 Å². The maximum Gasteiger partial charge on any atom is 0.259 e. The van der Waals surface area contributed by atoms with Crippen molar-refractivity contribution >= 4 is 46.2 Å². The maximum atomic E-state index is 13.6. The first kappa shape index (κ1) is 25.9. The Morgan fingerprint density at radius 3 is 2.32 bits per heavy atom. The van der Waals surface area contributed by atoms with Gasteiger partial charge in [-0.1, -0.05) is 69.3 Å². The molecule has 2 fully saturated rings. The lowest BCUT2D eigenvalue weighted by molar-refractivity contribution is -0.129. The van der Waals surface area contributed by atoms with Crippen molar-refractivity contribution in [3.05, 3.63) is 29.8 Å². The lowest BCUT2D eigenvalue weighted by Gasteiger charge is -2.29. The molecule has 5 rings (SSSR count). The van der Waals surface area contributed by atoms with Gasteiger partial charge in [-0.3, -0.25) is 19.4 Å². The van der Waals surface area contributed by atoms with E-state index in [9.17, 15) is 14.4 Å². The van der Waals surface area contributed by atoms with Crippen molar-refractivity contribution in [1.82, 2.24) is 15.5 Å². The van der Waals surface area contributed by atoms with Crippen molar-refractivity contribution < 1.29 is 14.4 Å². The highest BCUT2D eigenvalue weighted by atomic mass is 32.2. The van der Waals surface area contributed by atoms with Gasteiger partial charge in [0.2, 0.25) is 11.8 Å². The van der Waals surface area contributed by atoms with Crippen LogP contribution in [0.3, 0.4) is 0 Å². The minimum Gasteiger partial charge on any atom is -0.353 e. The molecule has 9 heteroatoms. The molecule has 0 bridgehead atoms. The Morgan fingerprint density at radius 2 is 1.65 bits per heavy atom. The number of nitrogens with zero attached hydrogens (tertiary/aromatic N) is 3. The molecule has 0 unspecified atom stereocenters. The van der Waals surface area contributed by atoms with E-state index in [2.05, 4.69) is 10.6 Å². The normalized spacial score (nSPS) is 23.0. The van der Waals surface area contributed by atoms with Gasteiger partial charge < -0.3 is 10.6 Å². The van der Waals surface area contributed by atoms with Gasteiger partial charge >= 0.3 is 0 Å². The third-order valence-electron chi connectivity index (χ3n) is 7.76. The van der Waals surface area contributed by atoms with E-state index < -0.39 is 6.04 Å². The highest BCUT2D eigenvalue weighted by molar-refractivity contribution is 8.15. The van der Waals surface area contributed by atoms with Crippen molar-refractivity contribution in [2.24, 2.45) is 9.98 Å². The zero-order chi connectivity index (χ0) is 25.8. The predicted octanol–water partition coefficient (Wildman–Crippen LogP) is 4.44. The molecule has 0 aromatic heterocycles.